The molecule has 3 aromatic rings. The number of ether oxygens (including phenoxy) is 1. The molecule has 0 radical (unpaired) electrons. The first kappa shape index (κ1) is 19.2. The molecule has 0 aromatic heterocycles. The Labute approximate surface area is 194 Å². The number of hydrogen-bond acceptors (Lipinski definition) is 4. The predicted molar refractivity (Wildman–Crippen MR) is 131 cm³/mol. The zero-order valence-electron chi connectivity index (χ0n) is 18.7. The molecule has 2 aliphatic heterocycles. The molecule has 0 amide bonds. The average Bonchev–Trinajstić information content (AvgIpc) is 3.19. The van der Waals surface area contributed by atoms with Crippen LogP contribution in [0.1, 0.15) is 29.0 Å². The summed E-state index contributed by atoms with van der Waals surface area (Å²) in [5.74, 6) is 1.59. The van der Waals surface area contributed by atoms with E-state index in [0.29, 0.717) is 12.0 Å². The number of phenolic OH excluding ortho intramolecular Hbond substituents is 1. The zero-order chi connectivity index (χ0) is 22.3. The minimum absolute atomic E-state index is 0.00780. The summed E-state index contributed by atoms with van der Waals surface area (Å²) in [6.45, 7) is 1.06. The molecule has 4 aliphatic rings. The summed E-state index contributed by atoms with van der Waals surface area (Å²) in [7, 11) is 2.25. The van der Waals surface area contributed by atoms with Crippen LogP contribution in [0.25, 0.3) is 11.1 Å². The number of nitrogens with two attached hydrogens (primary N) is 1. The maximum Gasteiger partial charge on any atom is 0.165 e. The lowest BCUT2D eigenvalue weighted by molar-refractivity contribution is -0.00536. The third kappa shape index (κ3) is 2.50. The Morgan fingerprint density at radius 2 is 1.70 bits per heavy atom. The predicted octanol–water partition coefficient (Wildman–Crippen LogP) is 4.87. The van der Waals surface area contributed by atoms with Crippen molar-refractivity contribution in [3.63, 3.8) is 0 Å². The fourth-order valence-electron chi connectivity index (χ4n) is 7.12. The Morgan fingerprint density at radius 1 is 0.970 bits per heavy atom. The molecule has 166 valence electrons. The number of anilines is 1. The highest BCUT2D eigenvalue weighted by molar-refractivity contribution is 5.66. The summed E-state index contributed by atoms with van der Waals surface area (Å²) in [5.41, 5.74) is 12.8. The molecule has 3 aromatic carbocycles. The number of phenols is 1. The first-order chi connectivity index (χ1) is 16.1. The number of rotatable bonds is 2. The van der Waals surface area contributed by atoms with E-state index in [1.807, 2.05) is 18.2 Å². The van der Waals surface area contributed by atoms with E-state index in [-0.39, 0.29) is 23.2 Å². The Morgan fingerprint density at radius 3 is 2.45 bits per heavy atom. The van der Waals surface area contributed by atoms with E-state index in [9.17, 15) is 5.11 Å². The number of benzene rings is 3. The van der Waals surface area contributed by atoms with Crippen LogP contribution in [0.5, 0.6) is 11.5 Å². The van der Waals surface area contributed by atoms with Crippen molar-refractivity contribution in [1.82, 2.24) is 4.90 Å². The summed E-state index contributed by atoms with van der Waals surface area (Å²) in [6, 6.07) is 21.3. The van der Waals surface area contributed by atoms with Gasteiger partial charge in [-0.05, 0) is 66.9 Å². The van der Waals surface area contributed by atoms with Crippen LogP contribution in [0.3, 0.4) is 0 Å². The Bertz CT molecular complexity index is 1280. The van der Waals surface area contributed by atoms with Gasteiger partial charge in [0.15, 0.2) is 11.5 Å². The van der Waals surface area contributed by atoms with E-state index in [1.54, 1.807) is 0 Å². The molecule has 4 heteroatoms. The van der Waals surface area contributed by atoms with E-state index < -0.39 is 0 Å². The molecule has 33 heavy (non-hydrogen) atoms. The number of piperidine rings is 1. The van der Waals surface area contributed by atoms with Crippen LogP contribution in [-0.2, 0) is 11.8 Å². The van der Waals surface area contributed by atoms with Crippen LogP contribution in [-0.4, -0.2) is 35.7 Å². The second-order valence-corrected chi connectivity index (χ2v) is 10.2. The number of aromatic hydroxyl groups is 1. The molecule has 0 saturated carbocycles. The van der Waals surface area contributed by atoms with Gasteiger partial charge in [0.05, 0.1) is 0 Å². The Hall–Kier alpha value is -3.24. The van der Waals surface area contributed by atoms with Crippen LogP contribution < -0.4 is 10.5 Å². The average molecular weight is 437 g/mol. The van der Waals surface area contributed by atoms with Crippen molar-refractivity contribution in [2.45, 2.75) is 36.3 Å². The molecule has 1 saturated heterocycles. The molecular weight excluding hydrogens is 408 g/mol. The SMILES string of the molecule is CN1CC[C@]23c4c5ccc(O)c4O[C@@H]2[C@@H](c2ccc(-c4ccc(N)cc4)cc2)C=C[C@H]3[C@H]1C5. The van der Waals surface area contributed by atoms with Crippen molar-refractivity contribution in [1.29, 1.82) is 0 Å². The van der Waals surface area contributed by atoms with E-state index in [0.717, 1.165) is 36.4 Å². The maximum absolute atomic E-state index is 10.7. The van der Waals surface area contributed by atoms with Gasteiger partial charge in [-0.2, -0.15) is 0 Å². The molecule has 2 bridgehead atoms. The van der Waals surface area contributed by atoms with E-state index >= 15 is 0 Å². The van der Waals surface area contributed by atoms with Crippen molar-refractivity contribution in [3.05, 3.63) is 89.5 Å². The van der Waals surface area contributed by atoms with Crippen molar-refractivity contribution < 1.29 is 9.84 Å². The summed E-state index contributed by atoms with van der Waals surface area (Å²) >= 11 is 0. The van der Waals surface area contributed by atoms with Gasteiger partial charge in [0.25, 0.3) is 0 Å². The lowest BCUT2D eigenvalue weighted by Gasteiger charge is -2.57. The minimum Gasteiger partial charge on any atom is -0.504 e. The van der Waals surface area contributed by atoms with Gasteiger partial charge in [0, 0.05) is 34.5 Å². The summed E-state index contributed by atoms with van der Waals surface area (Å²) in [5, 5.41) is 10.7. The van der Waals surface area contributed by atoms with Crippen molar-refractivity contribution >= 4 is 5.69 Å². The molecule has 7 rings (SSSR count). The first-order valence-corrected chi connectivity index (χ1v) is 11.9. The normalized spacial score (nSPS) is 31.2. The van der Waals surface area contributed by atoms with E-state index in [4.69, 9.17) is 10.5 Å². The van der Waals surface area contributed by atoms with Gasteiger partial charge in [-0.25, -0.2) is 0 Å². The van der Waals surface area contributed by atoms with Gasteiger partial charge >= 0.3 is 0 Å². The number of nitrogen functional groups attached to an aromatic ring is 1. The molecular formula is C29H28N2O2. The molecule has 4 nitrogen and oxygen atoms in total. The Balaban J connectivity index is 1.33. The number of likely N-dealkylation sites (tertiary alicyclic amines) is 1. The second-order valence-electron chi connectivity index (χ2n) is 10.2. The van der Waals surface area contributed by atoms with E-state index in [1.165, 1.54) is 22.3 Å². The Kier molecular flexibility index (Phi) is 3.88. The summed E-state index contributed by atoms with van der Waals surface area (Å²) < 4.78 is 6.71. The van der Waals surface area contributed by atoms with Gasteiger partial charge in [0.2, 0.25) is 0 Å². The fourth-order valence-corrected chi connectivity index (χ4v) is 7.12. The highest BCUT2D eigenvalue weighted by atomic mass is 16.5. The third-order valence-corrected chi connectivity index (χ3v) is 8.72. The smallest absolute Gasteiger partial charge is 0.165 e. The van der Waals surface area contributed by atoms with E-state index in [2.05, 4.69) is 66.6 Å². The minimum atomic E-state index is -0.0616. The van der Waals surface area contributed by atoms with Gasteiger partial charge in [0.1, 0.15) is 6.10 Å². The summed E-state index contributed by atoms with van der Waals surface area (Å²) in [6.07, 6.45) is 6.91. The molecule has 2 heterocycles. The topological polar surface area (TPSA) is 58.7 Å². The van der Waals surface area contributed by atoms with Crippen LogP contribution in [0.15, 0.2) is 72.8 Å². The first-order valence-electron chi connectivity index (χ1n) is 11.9. The van der Waals surface area contributed by atoms with Gasteiger partial charge in [-0.3, -0.25) is 0 Å². The monoisotopic (exact) mass is 436 g/mol. The number of nitrogens with zero attached hydrogens (tertiary/aromatic N) is 1. The molecule has 0 unspecified atom stereocenters. The molecule has 2 aliphatic carbocycles. The van der Waals surface area contributed by atoms with Crippen LogP contribution in [0.2, 0.25) is 0 Å². The maximum atomic E-state index is 10.7. The summed E-state index contributed by atoms with van der Waals surface area (Å²) in [4.78, 5) is 2.52. The highest BCUT2D eigenvalue weighted by Gasteiger charge is 2.64. The largest absolute Gasteiger partial charge is 0.504 e. The van der Waals surface area contributed by atoms with Gasteiger partial charge < -0.3 is 20.5 Å². The van der Waals surface area contributed by atoms with Gasteiger partial charge in [-0.15, -0.1) is 0 Å². The number of likely N-dealkylation sites (N-methyl/N-ethyl adjacent to an activating group) is 1. The molecule has 1 spiro atoms. The molecule has 3 N–H and O–H groups in total. The quantitative estimate of drug-likeness (QED) is 0.445. The number of hydrogen-bond donors (Lipinski definition) is 2. The van der Waals surface area contributed by atoms with Crippen LogP contribution in [0, 0.1) is 5.92 Å². The van der Waals surface area contributed by atoms with Crippen molar-refractivity contribution in [3.8, 4) is 22.6 Å². The van der Waals surface area contributed by atoms with Crippen LogP contribution in [0.4, 0.5) is 5.69 Å². The fraction of sp³-hybridized carbons (Fsp3) is 0.310. The molecule has 5 atom stereocenters. The van der Waals surface area contributed by atoms with Gasteiger partial charge in [-0.1, -0.05) is 54.6 Å². The van der Waals surface area contributed by atoms with Crippen LogP contribution >= 0.6 is 0 Å². The van der Waals surface area contributed by atoms with Crippen molar-refractivity contribution in [2.75, 3.05) is 19.3 Å². The van der Waals surface area contributed by atoms with Crippen molar-refractivity contribution in [2.24, 2.45) is 5.92 Å². The second kappa shape index (κ2) is 6.64. The molecule has 1 fully saturated rings. The lowest BCUT2D eigenvalue weighted by Crippen LogP contribution is -2.63. The third-order valence-electron chi connectivity index (χ3n) is 8.72. The standard InChI is InChI=1S/C29H28N2O2/c1-31-15-14-29-23-12-11-22(19-4-2-17(3-5-19)18-6-9-21(30)10-7-18)28(29)33-27-25(32)13-8-20(26(27)29)16-24(23)31/h2-13,22-24,28,32H,14-16,30H2,1H3/t22-,23+,24-,28-,29+/m1/s1. The zero-order valence-corrected chi connectivity index (χ0v) is 18.7. The lowest BCUT2D eigenvalue weighted by atomic mass is 9.51. The highest BCUT2D eigenvalue weighted by Crippen LogP contribution is 2.64.